The third kappa shape index (κ3) is 2.91. The lowest BCUT2D eigenvalue weighted by molar-refractivity contribution is -0.384. The normalized spacial score (nSPS) is 12.7. The number of ether oxygens (including phenoxy) is 1. The Labute approximate surface area is 154 Å². The summed E-state index contributed by atoms with van der Waals surface area (Å²) >= 11 is 0. The van der Waals surface area contributed by atoms with Crippen molar-refractivity contribution in [2.24, 2.45) is 0 Å². The molecule has 1 aromatic heterocycles. The molecule has 1 aliphatic heterocycles. The van der Waals surface area contributed by atoms with Crippen LogP contribution in [0.25, 0.3) is 5.69 Å². The molecule has 136 valence electrons. The number of carbonyl (C=O) groups excluding carboxylic acids is 1. The molecular weight excluding hydrogens is 348 g/mol. The number of hydrogen-bond acceptors (Lipinski definition) is 5. The van der Waals surface area contributed by atoms with Crippen molar-refractivity contribution in [3.8, 4) is 11.4 Å². The van der Waals surface area contributed by atoms with E-state index in [1.807, 2.05) is 30.3 Å². The third-order valence-electron chi connectivity index (χ3n) is 4.54. The van der Waals surface area contributed by atoms with Crippen LogP contribution >= 0.6 is 0 Å². The van der Waals surface area contributed by atoms with Crippen LogP contribution in [-0.4, -0.2) is 34.3 Å². The van der Waals surface area contributed by atoms with E-state index in [1.165, 1.54) is 24.1 Å². The molecule has 0 spiro atoms. The Hall–Kier alpha value is -3.68. The van der Waals surface area contributed by atoms with Gasteiger partial charge in [0.1, 0.15) is 0 Å². The van der Waals surface area contributed by atoms with Gasteiger partial charge in [0.15, 0.2) is 11.4 Å². The number of para-hydroxylation sites is 1. The van der Waals surface area contributed by atoms with Crippen molar-refractivity contribution in [2.45, 2.75) is 6.42 Å². The first kappa shape index (κ1) is 16.8. The molecule has 27 heavy (non-hydrogen) atoms. The van der Waals surface area contributed by atoms with E-state index < -0.39 is 4.92 Å². The van der Waals surface area contributed by atoms with Crippen LogP contribution in [0.4, 0.5) is 11.4 Å². The molecule has 1 aliphatic rings. The summed E-state index contributed by atoms with van der Waals surface area (Å²) in [5, 5.41) is 15.5. The minimum Gasteiger partial charge on any atom is -0.493 e. The fourth-order valence-electron chi connectivity index (χ4n) is 3.19. The Morgan fingerprint density at radius 1 is 1.22 bits per heavy atom. The molecule has 0 saturated heterocycles. The summed E-state index contributed by atoms with van der Waals surface area (Å²) in [4.78, 5) is 25.2. The number of nitrogens with zero attached hydrogens (tertiary/aromatic N) is 4. The van der Waals surface area contributed by atoms with Gasteiger partial charge in [0.05, 0.1) is 29.6 Å². The van der Waals surface area contributed by atoms with Crippen LogP contribution in [0.2, 0.25) is 0 Å². The second-order valence-electron chi connectivity index (χ2n) is 6.10. The Morgan fingerprint density at radius 3 is 2.70 bits per heavy atom. The molecule has 0 atom stereocenters. The first-order valence-corrected chi connectivity index (χ1v) is 8.37. The van der Waals surface area contributed by atoms with Crippen molar-refractivity contribution < 1.29 is 14.5 Å². The van der Waals surface area contributed by atoms with Gasteiger partial charge in [0.25, 0.3) is 11.6 Å². The van der Waals surface area contributed by atoms with Crippen molar-refractivity contribution >= 4 is 17.3 Å². The lowest BCUT2D eigenvalue weighted by Crippen LogP contribution is -2.29. The Morgan fingerprint density at radius 2 is 2.00 bits per heavy atom. The number of rotatable bonds is 4. The van der Waals surface area contributed by atoms with Crippen LogP contribution in [0, 0.1) is 10.1 Å². The molecule has 0 radical (unpaired) electrons. The average molecular weight is 364 g/mol. The number of hydrogen-bond donors (Lipinski definition) is 0. The predicted octanol–water partition coefficient (Wildman–Crippen LogP) is 2.99. The first-order valence-electron chi connectivity index (χ1n) is 8.37. The van der Waals surface area contributed by atoms with Crippen LogP contribution < -0.4 is 9.64 Å². The minimum absolute atomic E-state index is 0.0461. The Bertz CT molecular complexity index is 1030. The van der Waals surface area contributed by atoms with Crippen LogP contribution in [-0.2, 0) is 6.42 Å². The summed E-state index contributed by atoms with van der Waals surface area (Å²) in [6, 6.07) is 14.0. The molecule has 0 bridgehead atoms. The summed E-state index contributed by atoms with van der Waals surface area (Å²) < 4.78 is 6.92. The Balaban J connectivity index is 1.72. The molecule has 8 nitrogen and oxygen atoms in total. The van der Waals surface area contributed by atoms with Gasteiger partial charge in [-0.3, -0.25) is 14.9 Å². The minimum atomic E-state index is -0.466. The van der Waals surface area contributed by atoms with Crippen molar-refractivity contribution in [1.82, 2.24) is 9.78 Å². The topological polar surface area (TPSA) is 90.5 Å². The predicted molar refractivity (Wildman–Crippen MR) is 98.6 cm³/mol. The number of methoxy groups -OCH3 is 1. The fourth-order valence-corrected chi connectivity index (χ4v) is 3.19. The zero-order valence-corrected chi connectivity index (χ0v) is 14.5. The van der Waals surface area contributed by atoms with Crippen LogP contribution in [0.15, 0.2) is 54.7 Å². The second-order valence-corrected chi connectivity index (χ2v) is 6.10. The quantitative estimate of drug-likeness (QED) is 0.524. The van der Waals surface area contributed by atoms with Crippen molar-refractivity contribution in [3.05, 3.63) is 76.1 Å². The number of non-ortho nitro benzene ring substituents is 1. The van der Waals surface area contributed by atoms with Gasteiger partial charge in [-0.2, -0.15) is 5.10 Å². The maximum Gasteiger partial charge on any atom is 0.282 e. The van der Waals surface area contributed by atoms with Gasteiger partial charge < -0.3 is 9.64 Å². The zero-order chi connectivity index (χ0) is 19.0. The molecule has 0 unspecified atom stereocenters. The molecule has 2 aromatic carbocycles. The van der Waals surface area contributed by atoms with Gasteiger partial charge in [0, 0.05) is 18.7 Å². The SMILES string of the molecule is COc1cn(-c2ccccc2)nc1C(=O)N1CCc2ccc([N+](=O)[O-])cc21. The molecule has 8 heteroatoms. The highest BCUT2D eigenvalue weighted by Crippen LogP contribution is 2.33. The highest BCUT2D eigenvalue weighted by Gasteiger charge is 2.31. The number of carbonyl (C=O) groups is 1. The van der Waals surface area contributed by atoms with Crippen LogP contribution in [0.5, 0.6) is 5.75 Å². The van der Waals surface area contributed by atoms with Crippen molar-refractivity contribution in [1.29, 1.82) is 0 Å². The molecule has 0 aliphatic carbocycles. The van der Waals surface area contributed by atoms with Gasteiger partial charge in [-0.25, -0.2) is 4.68 Å². The summed E-state index contributed by atoms with van der Waals surface area (Å²) in [5.74, 6) is 0.00325. The highest BCUT2D eigenvalue weighted by atomic mass is 16.6. The van der Waals surface area contributed by atoms with E-state index in [-0.39, 0.29) is 17.3 Å². The highest BCUT2D eigenvalue weighted by molar-refractivity contribution is 6.07. The third-order valence-corrected chi connectivity index (χ3v) is 4.54. The lowest BCUT2D eigenvalue weighted by atomic mass is 10.1. The van der Waals surface area contributed by atoms with Gasteiger partial charge in [-0.05, 0) is 24.1 Å². The van der Waals surface area contributed by atoms with E-state index in [9.17, 15) is 14.9 Å². The van der Waals surface area contributed by atoms with Gasteiger partial charge in [0.2, 0.25) is 0 Å². The zero-order valence-electron chi connectivity index (χ0n) is 14.5. The smallest absolute Gasteiger partial charge is 0.282 e. The summed E-state index contributed by atoms with van der Waals surface area (Å²) in [5.41, 5.74) is 2.36. The van der Waals surface area contributed by atoms with Crippen LogP contribution in [0.1, 0.15) is 16.1 Å². The van der Waals surface area contributed by atoms with Crippen molar-refractivity contribution in [3.63, 3.8) is 0 Å². The number of anilines is 1. The standard InChI is InChI=1S/C19H16N4O4/c1-27-17-12-22(14-5-3-2-4-6-14)20-18(17)19(24)21-10-9-13-7-8-15(23(25)26)11-16(13)21/h2-8,11-12H,9-10H2,1H3. The number of aromatic nitrogens is 2. The molecule has 0 N–H and O–H groups in total. The molecule has 3 aromatic rings. The number of nitro groups is 1. The van der Waals surface area contributed by atoms with Gasteiger partial charge in [-0.15, -0.1) is 0 Å². The summed E-state index contributed by atoms with van der Waals surface area (Å²) in [7, 11) is 1.48. The van der Waals surface area contributed by atoms with Gasteiger partial charge >= 0.3 is 0 Å². The summed E-state index contributed by atoms with van der Waals surface area (Å²) in [6.45, 7) is 0.441. The van der Waals surface area contributed by atoms with Gasteiger partial charge in [-0.1, -0.05) is 24.3 Å². The van der Waals surface area contributed by atoms with E-state index in [4.69, 9.17) is 4.74 Å². The monoisotopic (exact) mass is 364 g/mol. The van der Waals surface area contributed by atoms with E-state index in [1.54, 1.807) is 16.9 Å². The number of amides is 1. The molecule has 0 fully saturated rings. The molecule has 4 rings (SSSR count). The first-order chi connectivity index (χ1) is 13.1. The van der Waals surface area contributed by atoms with Crippen LogP contribution in [0.3, 0.4) is 0 Å². The molecule has 1 amide bonds. The van der Waals surface area contributed by atoms with Crippen molar-refractivity contribution in [2.75, 3.05) is 18.6 Å². The Kier molecular flexibility index (Phi) is 4.08. The number of fused-ring (bicyclic) bond motifs is 1. The average Bonchev–Trinajstić information content (AvgIpc) is 3.32. The van der Waals surface area contributed by atoms with E-state index in [0.29, 0.717) is 24.4 Å². The summed E-state index contributed by atoms with van der Waals surface area (Å²) in [6.07, 6.45) is 2.29. The van der Waals surface area contributed by atoms with E-state index >= 15 is 0 Å². The number of benzene rings is 2. The second kappa shape index (κ2) is 6.56. The maximum absolute atomic E-state index is 13.1. The fraction of sp³-hybridized carbons (Fsp3) is 0.158. The molecule has 0 saturated carbocycles. The molecule has 2 heterocycles. The maximum atomic E-state index is 13.1. The van der Waals surface area contributed by atoms with E-state index in [0.717, 1.165) is 11.3 Å². The van der Waals surface area contributed by atoms with E-state index in [2.05, 4.69) is 5.10 Å². The molecular formula is C19H16N4O4. The largest absolute Gasteiger partial charge is 0.493 e. The lowest BCUT2D eigenvalue weighted by Gasteiger charge is -2.16. The number of nitro benzene ring substituents is 1.